The molecule has 1 rings (SSSR count). The van der Waals surface area contributed by atoms with Crippen molar-refractivity contribution in [2.24, 2.45) is 10.3 Å². The lowest BCUT2D eigenvalue weighted by Crippen LogP contribution is -2.19. The topological polar surface area (TPSA) is 65.3 Å². The molecule has 1 aromatic carbocycles. The predicted octanol–water partition coefficient (Wildman–Crippen LogP) is 2.01. The van der Waals surface area contributed by atoms with E-state index in [1.54, 1.807) is 7.05 Å². The van der Waals surface area contributed by atoms with Gasteiger partial charge in [0.15, 0.2) is 0 Å². The van der Waals surface area contributed by atoms with Crippen molar-refractivity contribution in [3.63, 3.8) is 0 Å². The van der Waals surface area contributed by atoms with Gasteiger partial charge in [-0.25, -0.2) is 0 Å². The molecular formula is C10H13N3O2. The van der Waals surface area contributed by atoms with Crippen LogP contribution in [0.15, 0.2) is 34.6 Å². The van der Waals surface area contributed by atoms with Gasteiger partial charge in [0.25, 0.3) is 0 Å². The quantitative estimate of drug-likeness (QED) is 0.606. The van der Waals surface area contributed by atoms with Gasteiger partial charge in [0.1, 0.15) is 6.54 Å². The highest BCUT2D eigenvalue weighted by atomic mass is 16.4. The first-order valence-electron chi connectivity index (χ1n) is 4.49. The number of aryl methyl sites for hydroxylation is 1. The number of carboxylic acid groups (broad SMARTS) is 1. The van der Waals surface area contributed by atoms with Crippen LogP contribution in [0, 0.1) is 6.92 Å². The van der Waals surface area contributed by atoms with Crippen LogP contribution in [-0.4, -0.2) is 29.7 Å². The van der Waals surface area contributed by atoms with Crippen LogP contribution in [0.3, 0.4) is 0 Å². The Labute approximate surface area is 88.0 Å². The zero-order valence-electron chi connectivity index (χ0n) is 8.71. The van der Waals surface area contributed by atoms with Gasteiger partial charge in [0.05, 0.1) is 5.69 Å². The number of carbonyl (C=O) groups is 1. The Morgan fingerprint density at radius 1 is 1.40 bits per heavy atom. The maximum Gasteiger partial charge on any atom is 0.324 e. The Morgan fingerprint density at radius 3 is 2.53 bits per heavy atom. The summed E-state index contributed by atoms with van der Waals surface area (Å²) in [5, 5.41) is 17.4. The summed E-state index contributed by atoms with van der Waals surface area (Å²) in [6.45, 7) is 1.83. The summed E-state index contributed by atoms with van der Waals surface area (Å²) in [6, 6.07) is 7.50. The summed E-state index contributed by atoms with van der Waals surface area (Å²) in [5.41, 5.74) is 1.85. The minimum atomic E-state index is -0.930. The average Bonchev–Trinajstić information content (AvgIpc) is 2.16. The maximum atomic E-state index is 10.3. The number of nitrogens with zero attached hydrogens (tertiary/aromatic N) is 3. The van der Waals surface area contributed by atoms with Crippen molar-refractivity contribution in [1.29, 1.82) is 0 Å². The largest absolute Gasteiger partial charge is 0.480 e. The second kappa shape index (κ2) is 5.09. The Kier molecular flexibility index (Phi) is 3.79. The van der Waals surface area contributed by atoms with Gasteiger partial charge in [-0.15, -0.1) is 5.11 Å². The van der Waals surface area contributed by atoms with Crippen molar-refractivity contribution in [3.05, 3.63) is 29.8 Å². The predicted molar refractivity (Wildman–Crippen MR) is 56.0 cm³/mol. The fraction of sp³-hybridized carbons (Fsp3) is 0.300. The van der Waals surface area contributed by atoms with Crippen molar-refractivity contribution in [3.8, 4) is 0 Å². The fourth-order valence-electron chi connectivity index (χ4n) is 0.967. The van der Waals surface area contributed by atoms with Crippen molar-refractivity contribution in [2.75, 3.05) is 13.6 Å². The minimum Gasteiger partial charge on any atom is -0.480 e. The Balaban J connectivity index is 2.57. The van der Waals surface area contributed by atoms with Crippen LogP contribution in [-0.2, 0) is 4.79 Å². The van der Waals surface area contributed by atoms with E-state index in [2.05, 4.69) is 10.3 Å². The fourth-order valence-corrected chi connectivity index (χ4v) is 0.967. The molecule has 0 fully saturated rings. The van der Waals surface area contributed by atoms with Crippen molar-refractivity contribution in [1.82, 2.24) is 5.01 Å². The van der Waals surface area contributed by atoms with Crippen LogP contribution in [0.5, 0.6) is 0 Å². The van der Waals surface area contributed by atoms with Crippen LogP contribution in [0.25, 0.3) is 0 Å². The molecular weight excluding hydrogens is 194 g/mol. The first-order chi connectivity index (χ1) is 7.08. The smallest absolute Gasteiger partial charge is 0.324 e. The summed E-state index contributed by atoms with van der Waals surface area (Å²) < 4.78 is 0. The highest BCUT2D eigenvalue weighted by Crippen LogP contribution is 2.12. The molecule has 0 atom stereocenters. The van der Waals surface area contributed by atoms with E-state index in [1.807, 2.05) is 31.2 Å². The molecule has 0 aliphatic carbocycles. The summed E-state index contributed by atoms with van der Waals surface area (Å²) in [4.78, 5) is 10.3. The molecule has 1 N–H and O–H groups in total. The number of hydrogen-bond donors (Lipinski definition) is 1. The molecule has 0 saturated carbocycles. The lowest BCUT2D eigenvalue weighted by Gasteiger charge is -2.06. The van der Waals surface area contributed by atoms with Crippen molar-refractivity contribution in [2.45, 2.75) is 6.92 Å². The van der Waals surface area contributed by atoms with Gasteiger partial charge in [-0.2, -0.15) is 0 Å². The number of likely N-dealkylation sites (N-methyl/N-ethyl adjacent to an activating group) is 1. The third kappa shape index (κ3) is 4.21. The second-order valence-electron chi connectivity index (χ2n) is 3.23. The van der Waals surface area contributed by atoms with Crippen molar-refractivity contribution >= 4 is 11.7 Å². The second-order valence-corrected chi connectivity index (χ2v) is 3.23. The maximum absolute atomic E-state index is 10.3. The molecule has 5 heteroatoms. The van der Waals surface area contributed by atoms with Crippen LogP contribution in [0.1, 0.15) is 5.56 Å². The van der Waals surface area contributed by atoms with Crippen molar-refractivity contribution < 1.29 is 9.90 Å². The first-order valence-corrected chi connectivity index (χ1v) is 4.49. The van der Waals surface area contributed by atoms with E-state index >= 15 is 0 Å². The summed E-state index contributed by atoms with van der Waals surface area (Å²) in [6.07, 6.45) is 0. The van der Waals surface area contributed by atoms with Gasteiger partial charge in [-0.05, 0) is 19.1 Å². The van der Waals surface area contributed by atoms with E-state index < -0.39 is 5.97 Å². The van der Waals surface area contributed by atoms with E-state index in [1.165, 1.54) is 5.01 Å². The molecule has 0 aliphatic rings. The normalized spacial score (nSPS) is 10.5. The zero-order valence-corrected chi connectivity index (χ0v) is 8.71. The highest BCUT2D eigenvalue weighted by Gasteiger charge is 2.00. The zero-order chi connectivity index (χ0) is 11.3. The van der Waals surface area contributed by atoms with Gasteiger partial charge < -0.3 is 5.11 Å². The number of benzene rings is 1. The van der Waals surface area contributed by atoms with Gasteiger partial charge in [-0.1, -0.05) is 22.9 Å². The van der Waals surface area contributed by atoms with Gasteiger partial charge in [-0.3, -0.25) is 9.80 Å². The first kappa shape index (κ1) is 11.2. The molecule has 80 valence electrons. The van der Waals surface area contributed by atoms with E-state index in [0.717, 1.165) is 5.56 Å². The van der Waals surface area contributed by atoms with E-state index in [-0.39, 0.29) is 6.54 Å². The highest BCUT2D eigenvalue weighted by molar-refractivity contribution is 5.68. The molecule has 0 bridgehead atoms. The van der Waals surface area contributed by atoms with Crippen LogP contribution in [0.4, 0.5) is 5.69 Å². The molecule has 0 radical (unpaired) electrons. The van der Waals surface area contributed by atoms with Crippen LogP contribution in [0.2, 0.25) is 0 Å². The number of carboxylic acids is 1. The van der Waals surface area contributed by atoms with Gasteiger partial charge in [0, 0.05) is 7.05 Å². The minimum absolute atomic E-state index is 0.157. The third-order valence-electron chi connectivity index (χ3n) is 1.71. The number of hydrogen-bond acceptors (Lipinski definition) is 3. The van der Waals surface area contributed by atoms with E-state index in [4.69, 9.17) is 5.11 Å². The number of aliphatic carboxylic acids is 1. The average molecular weight is 207 g/mol. The molecule has 5 nitrogen and oxygen atoms in total. The summed E-state index contributed by atoms with van der Waals surface area (Å²) >= 11 is 0. The standard InChI is InChI=1S/C10H13N3O2/c1-8-3-5-9(6-4-8)11-12-13(2)7-10(14)15/h3-6H,7H2,1-2H3,(H,14,15)/b12-11+. The monoisotopic (exact) mass is 207 g/mol. The molecule has 0 unspecified atom stereocenters. The lowest BCUT2D eigenvalue weighted by molar-refractivity contribution is -0.138. The molecule has 0 heterocycles. The summed E-state index contributed by atoms with van der Waals surface area (Å²) in [7, 11) is 1.56. The molecule has 0 amide bonds. The third-order valence-corrected chi connectivity index (χ3v) is 1.71. The van der Waals surface area contributed by atoms with Gasteiger partial charge in [0.2, 0.25) is 0 Å². The Morgan fingerprint density at radius 2 is 2.00 bits per heavy atom. The molecule has 0 saturated heterocycles. The molecule has 0 aliphatic heterocycles. The van der Waals surface area contributed by atoms with E-state index in [9.17, 15) is 4.79 Å². The van der Waals surface area contributed by atoms with Gasteiger partial charge >= 0.3 is 5.97 Å². The lowest BCUT2D eigenvalue weighted by atomic mass is 10.2. The van der Waals surface area contributed by atoms with Crippen LogP contribution >= 0.6 is 0 Å². The summed E-state index contributed by atoms with van der Waals surface area (Å²) in [5.74, 6) is -0.930. The molecule has 1 aromatic rings. The van der Waals surface area contributed by atoms with Crippen LogP contribution < -0.4 is 0 Å². The molecule has 15 heavy (non-hydrogen) atoms. The number of rotatable bonds is 4. The van der Waals surface area contributed by atoms with E-state index in [0.29, 0.717) is 5.69 Å². The molecule has 0 spiro atoms. The Bertz CT molecular complexity index is 359. The SMILES string of the molecule is Cc1ccc(/N=N/N(C)CC(=O)O)cc1. The Hall–Kier alpha value is -1.91. The molecule has 0 aromatic heterocycles.